The number of aryl methyl sites for hydroxylation is 1. The lowest BCUT2D eigenvalue weighted by Gasteiger charge is -2.11. The van der Waals surface area contributed by atoms with Gasteiger partial charge in [0, 0.05) is 12.4 Å². The first kappa shape index (κ1) is 14.8. The Labute approximate surface area is 132 Å². The number of nitrogens with two attached hydrogens (primary N) is 1. The number of nitrogens with zero attached hydrogens (tertiary/aromatic N) is 3. The minimum absolute atomic E-state index is 0.0751. The quantitative estimate of drug-likeness (QED) is 0.711. The molecule has 0 aliphatic rings. The number of hydrogen-bond donors (Lipinski definition) is 2. The highest BCUT2D eigenvalue weighted by molar-refractivity contribution is 6.06. The van der Waals surface area contributed by atoms with Crippen molar-refractivity contribution in [2.45, 2.75) is 6.92 Å². The maximum absolute atomic E-state index is 12.6. The van der Waals surface area contributed by atoms with Gasteiger partial charge >= 0.3 is 0 Å². The summed E-state index contributed by atoms with van der Waals surface area (Å²) < 4.78 is 1.50. The number of para-hydroxylation sites is 1. The second-order valence-corrected chi connectivity index (χ2v) is 5.22. The maximum atomic E-state index is 12.6. The fraction of sp³-hybridized carbons (Fsp3) is 0.118. The SMILES string of the molecule is CC(=Nc1cccc(N)n1)c1c(O)c2ccccc2n(C)c1=O. The molecule has 2 aromatic heterocycles. The van der Waals surface area contributed by atoms with Gasteiger partial charge in [-0.25, -0.2) is 9.98 Å². The van der Waals surface area contributed by atoms with Crippen LogP contribution in [0.5, 0.6) is 5.75 Å². The van der Waals surface area contributed by atoms with E-state index in [9.17, 15) is 9.90 Å². The molecule has 3 rings (SSSR count). The van der Waals surface area contributed by atoms with Crippen molar-refractivity contribution in [2.75, 3.05) is 5.73 Å². The lowest BCUT2D eigenvalue weighted by atomic mass is 10.1. The van der Waals surface area contributed by atoms with Crippen LogP contribution in [-0.4, -0.2) is 20.4 Å². The lowest BCUT2D eigenvalue weighted by molar-refractivity contribution is 0.478. The first-order valence-electron chi connectivity index (χ1n) is 7.08. The minimum Gasteiger partial charge on any atom is -0.506 e. The second kappa shape index (κ2) is 5.57. The van der Waals surface area contributed by atoms with E-state index in [2.05, 4.69) is 9.98 Å². The summed E-state index contributed by atoms with van der Waals surface area (Å²) in [5, 5.41) is 11.1. The summed E-state index contributed by atoms with van der Waals surface area (Å²) in [5.74, 6) is 0.653. The van der Waals surface area contributed by atoms with Crippen LogP contribution < -0.4 is 11.3 Å². The number of aromatic hydroxyl groups is 1. The van der Waals surface area contributed by atoms with Crippen LogP contribution in [0.15, 0.2) is 52.3 Å². The van der Waals surface area contributed by atoms with Gasteiger partial charge in [0.1, 0.15) is 17.1 Å². The molecule has 0 amide bonds. The number of aromatic nitrogens is 2. The summed E-state index contributed by atoms with van der Waals surface area (Å²) in [5.41, 5.74) is 6.53. The molecule has 0 saturated heterocycles. The molecule has 0 aliphatic heterocycles. The smallest absolute Gasteiger partial charge is 0.263 e. The van der Waals surface area contributed by atoms with Gasteiger partial charge in [0.25, 0.3) is 5.56 Å². The molecular formula is C17H16N4O2. The van der Waals surface area contributed by atoms with Gasteiger partial charge in [-0.3, -0.25) is 4.79 Å². The summed E-state index contributed by atoms with van der Waals surface area (Å²) in [6.07, 6.45) is 0. The molecule has 0 aliphatic carbocycles. The molecule has 0 saturated carbocycles. The van der Waals surface area contributed by atoms with E-state index in [1.165, 1.54) is 4.57 Å². The van der Waals surface area contributed by atoms with Crippen LogP contribution in [0.2, 0.25) is 0 Å². The van der Waals surface area contributed by atoms with Crippen LogP contribution in [0.25, 0.3) is 10.9 Å². The Bertz CT molecular complexity index is 990. The fourth-order valence-corrected chi connectivity index (χ4v) is 2.54. The van der Waals surface area contributed by atoms with Gasteiger partial charge in [0.2, 0.25) is 0 Å². The van der Waals surface area contributed by atoms with Crippen molar-refractivity contribution in [1.82, 2.24) is 9.55 Å². The highest BCUT2D eigenvalue weighted by Gasteiger charge is 2.16. The Hall–Kier alpha value is -3.15. The van der Waals surface area contributed by atoms with Crippen molar-refractivity contribution in [2.24, 2.45) is 12.0 Å². The zero-order valence-electron chi connectivity index (χ0n) is 12.8. The average molecular weight is 308 g/mol. The van der Waals surface area contributed by atoms with Crippen LogP contribution in [0.3, 0.4) is 0 Å². The monoisotopic (exact) mass is 308 g/mol. The number of fused-ring (bicyclic) bond motifs is 1. The molecule has 0 bridgehead atoms. The molecular weight excluding hydrogens is 292 g/mol. The lowest BCUT2D eigenvalue weighted by Crippen LogP contribution is -2.24. The van der Waals surface area contributed by atoms with Crippen LogP contribution in [0.1, 0.15) is 12.5 Å². The highest BCUT2D eigenvalue weighted by atomic mass is 16.3. The fourth-order valence-electron chi connectivity index (χ4n) is 2.54. The van der Waals surface area contributed by atoms with Crippen LogP contribution >= 0.6 is 0 Å². The van der Waals surface area contributed by atoms with Crippen LogP contribution in [0, 0.1) is 0 Å². The molecule has 0 spiro atoms. The molecule has 0 fully saturated rings. The summed E-state index contributed by atoms with van der Waals surface area (Å²) in [6, 6.07) is 12.2. The van der Waals surface area contributed by atoms with E-state index in [-0.39, 0.29) is 16.9 Å². The maximum Gasteiger partial charge on any atom is 0.263 e. The summed E-state index contributed by atoms with van der Waals surface area (Å²) in [4.78, 5) is 21.0. The van der Waals surface area contributed by atoms with Gasteiger partial charge in [-0.1, -0.05) is 18.2 Å². The Morgan fingerprint density at radius 1 is 1.22 bits per heavy atom. The molecule has 6 heteroatoms. The highest BCUT2D eigenvalue weighted by Crippen LogP contribution is 2.26. The molecule has 3 aromatic rings. The van der Waals surface area contributed by atoms with Crippen molar-refractivity contribution >= 4 is 28.3 Å². The largest absolute Gasteiger partial charge is 0.506 e. The Kier molecular flexibility index (Phi) is 3.57. The number of pyridine rings is 2. The van der Waals surface area contributed by atoms with Crippen molar-refractivity contribution < 1.29 is 5.11 Å². The summed E-state index contributed by atoms with van der Waals surface area (Å²) >= 11 is 0. The predicted octanol–water partition coefficient (Wildman–Crippen LogP) is 2.36. The second-order valence-electron chi connectivity index (χ2n) is 5.22. The van der Waals surface area contributed by atoms with Gasteiger partial charge in [-0.15, -0.1) is 0 Å². The Morgan fingerprint density at radius 2 is 1.96 bits per heavy atom. The van der Waals surface area contributed by atoms with Crippen molar-refractivity contribution in [3.8, 4) is 5.75 Å². The number of hydrogen-bond acceptors (Lipinski definition) is 5. The number of rotatable bonds is 2. The van der Waals surface area contributed by atoms with Gasteiger partial charge < -0.3 is 15.4 Å². The van der Waals surface area contributed by atoms with Crippen LogP contribution in [-0.2, 0) is 7.05 Å². The third-order valence-electron chi connectivity index (χ3n) is 3.68. The van der Waals surface area contributed by atoms with Gasteiger partial charge in [-0.05, 0) is 31.2 Å². The first-order valence-corrected chi connectivity index (χ1v) is 7.08. The number of aliphatic imine (C=N–C) groups is 1. The van der Waals surface area contributed by atoms with Gasteiger partial charge in [0.15, 0.2) is 5.82 Å². The summed E-state index contributed by atoms with van der Waals surface area (Å²) in [6.45, 7) is 1.66. The van der Waals surface area contributed by atoms with E-state index in [0.29, 0.717) is 28.3 Å². The Balaban J connectivity index is 2.26. The predicted molar refractivity (Wildman–Crippen MR) is 91.4 cm³/mol. The van der Waals surface area contributed by atoms with E-state index in [4.69, 9.17) is 5.73 Å². The normalized spacial score (nSPS) is 11.8. The average Bonchev–Trinajstić information content (AvgIpc) is 2.53. The third-order valence-corrected chi connectivity index (χ3v) is 3.68. The third kappa shape index (κ3) is 2.55. The first-order chi connectivity index (χ1) is 11.0. The molecule has 116 valence electrons. The minimum atomic E-state index is -0.314. The molecule has 2 heterocycles. The van der Waals surface area contributed by atoms with Crippen molar-refractivity contribution in [3.63, 3.8) is 0 Å². The molecule has 23 heavy (non-hydrogen) atoms. The topological polar surface area (TPSA) is 93.5 Å². The number of benzene rings is 1. The molecule has 6 nitrogen and oxygen atoms in total. The van der Waals surface area contributed by atoms with E-state index in [1.807, 2.05) is 12.1 Å². The zero-order valence-corrected chi connectivity index (χ0v) is 12.8. The molecule has 0 radical (unpaired) electrons. The number of nitrogen functional groups attached to an aromatic ring is 1. The van der Waals surface area contributed by atoms with Gasteiger partial charge in [-0.2, -0.15) is 0 Å². The van der Waals surface area contributed by atoms with Crippen molar-refractivity contribution in [3.05, 3.63) is 58.4 Å². The molecule has 3 N–H and O–H groups in total. The number of anilines is 1. The molecule has 0 unspecified atom stereocenters. The van der Waals surface area contributed by atoms with Crippen molar-refractivity contribution in [1.29, 1.82) is 0 Å². The van der Waals surface area contributed by atoms with E-state index in [1.54, 1.807) is 44.3 Å². The van der Waals surface area contributed by atoms with E-state index < -0.39 is 0 Å². The van der Waals surface area contributed by atoms with E-state index >= 15 is 0 Å². The van der Waals surface area contributed by atoms with Crippen LogP contribution in [0.4, 0.5) is 11.6 Å². The molecule has 1 aromatic carbocycles. The Morgan fingerprint density at radius 3 is 2.70 bits per heavy atom. The van der Waals surface area contributed by atoms with Gasteiger partial charge in [0.05, 0.1) is 11.2 Å². The van der Waals surface area contributed by atoms with E-state index in [0.717, 1.165) is 0 Å². The zero-order chi connectivity index (χ0) is 16.6. The molecule has 0 atom stereocenters. The standard InChI is InChI=1S/C17H16N4O2/c1-10(19-14-9-5-8-13(18)20-14)15-16(22)11-6-3-4-7-12(11)21(2)17(15)23/h3-9,22H,1-2H3,(H2,18,20). The summed E-state index contributed by atoms with van der Waals surface area (Å²) in [7, 11) is 1.67.